The van der Waals surface area contributed by atoms with Gasteiger partial charge in [0.25, 0.3) is 0 Å². The van der Waals surface area contributed by atoms with Gasteiger partial charge in [-0.1, -0.05) is 30.3 Å². The summed E-state index contributed by atoms with van der Waals surface area (Å²) in [6.45, 7) is 6.19. The van der Waals surface area contributed by atoms with Crippen LogP contribution in [0.3, 0.4) is 0 Å². The first-order valence-electron chi connectivity index (χ1n) is 9.00. The number of carbonyl (C=O) groups excluding carboxylic acids is 1. The Hall–Kier alpha value is -2.51. The molecule has 0 saturated carbocycles. The molecule has 1 aromatic heterocycles. The lowest BCUT2D eigenvalue weighted by Crippen LogP contribution is -2.49. The highest BCUT2D eigenvalue weighted by atomic mass is 16.6. The summed E-state index contributed by atoms with van der Waals surface area (Å²) in [6.07, 6.45) is 4.05. The molecule has 0 spiro atoms. The second-order valence-corrected chi connectivity index (χ2v) is 7.34. The summed E-state index contributed by atoms with van der Waals surface area (Å²) in [7, 11) is 0. The van der Waals surface area contributed by atoms with E-state index in [1.165, 1.54) is 0 Å². The molecule has 0 bridgehead atoms. The van der Waals surface area contributed by atoms with Crippen LogP contribution in [0.2, 0.25) is 0 Å². The molecule has 0 aliphatic heterocycles. The van der Waals surface area contributed by atoms with Crippen LogP contribution < -0.4 is 10.6 Å². The molecule has 1 aromatic carbocycles. The Morgan fingerprint density at radius 1 is 1.22 bits per heavy atom. The number of hydrogen-bond acceptors (Lipinski definition) is 6. The quantitative estimate of drug-likeness (QED) is 0.656. The minimum absolute atomic E-state index is 0.296. The second kappa shape index (κ2) is 9.99. The Balaban J connectivity index is 1.95. The molecule has 0 fully saturated rings. The summed E-state index contributed by atoms with van der Waals surface area (Å²) in [6, 6.07) is 9.22. The molecule has 1 heterocycles. The van der Waals surface area contributed by atoms with E-state index in [9.17, 15) is 9.90 Å². The van der Waals surface area contributed by atoms with Crippen LogP contribution in [0.4, 0.5) is 4.79 Å². The number of aliphatic hydroxyl groups excluding tert-OH is 1. The number of nitrogens with zero attached hydrogens (tertiary/aromatic N) is 2. The lowest BCUT2D eigenvalue weighted by Gasteiger charge is -2.27. The minimum atomic E-state index is -0.797. The zero-order valence-electron chi connectivity index (χ0n) is 16.1. The molecule has 7 heteroatoms. The summed E-state index contributed by atoms with van der Waals surface area (Å²) in [5, 5.41) is 16.6. The van der Waals surface area contributed by atoms with Crippen molar-refractivity contribution in [1.29, 1.82) is 0 Å². The summed E-state index contributed by atoms with van der Waals surface area (Å²) >= 11 is 0. The van der Waals surface area contributed by atoms with Gasteiger partial charge in [0.15, 0.2) is 0 Å². The maximum Gasteiger partial charge on any atom is 0.407 e. The number of benzene rings is 1. The summed E-state index contributed by atoms with van der Waals surface area (Å²) in [4.78, 5) is 20.4. The van der Waals surface area contributed by atoms with Crippen molar-refractivity contribution in [2.45, 2.75) is 51.5 Å². The molecule has 0 aliphatic rings. The molecule has 0 aliphatic carbocycles. The fourth-order valence-corrected chi connectivity index (χ4v) is 2.52. The third-order valence-corrected chi connectivity index (χ3v) is 3.74. The fraction of sp³-hybridized carbons (Fsp3) is 0.450. The molecule has 0 saturated heterocycles. The number of amides is 1. The number of nitrogens with one attached hydrogen (secondary N) is 2. The van der Waals surface area contributed by atoms with Crippen molar-refractivity contribution < 1.29 is 14.6 Å². The number of alkyl carbamates (subject to hydrolysis) is 1. The number of carbonyl (C=O) groups is 1. The molecule has 2 aromatic rings. The predicted octanol–water partition coefficient (Wildman–Crippen LogP) is 2.06. The van der Waals surface area contributed by atoms with Gasteiger partial charge in [-0.25, -0.2) is 4.79 Å². The van der Waals surface area contributed by atoms with Crippen LogP contribution in [0.5, 0.6) is 0 Å². The van der Waals surface area contributed by atoms with Gasteiger partial charge < -0.3 is 20.5 Å². The molecular weight excluding hydrogens is 344 g/mol. The smallest absolute Gasteiger partial charge is 0.407 e. The van der Waals surface area contributed by atoms with E-state index in [0.717, 1.165) is 11.3 Å². The van der Waals surface area contributed by atoms with E-state index in [4.69, 9.17) is 4.74 Å². The van der Waals surface area contributed by atoms with Gasteiger partial charge in [0.1, 0.15) is 5.60 Å². The highest BCUT2D eigenvalue weighted by Crippen LogP contribution is 2.10. The molecule has 2 atom stereocenters. The van der Waals surface area contributed by atoms with E-state index in [2.05, 4.69) is 20.6 Å². The molecule has 3 N–H and O–H groups in total. The first kappa shape index (κ1) is 20.8. The van der Waals surface area contributed by atoms with Crippen LogP contribution >= 0.6 is 0 Å². The molecule has 146 valence electrons. The zero-order valence-corrected chi connectivity index (χ0v) is 16.1. The Labute approximate surface area is 160 Å². The highest BCUT2D eigenvalue weighted by Gasteiger charge is 2.24. The molecule has 7 nitrogen and oxygen atoms in total. The van der Waals surface area contributed by atoms with Crippen molar-refractivity contribution in [3.8, 4) is 0 Å². The highest BCUT2D eigenvalue weighted by molar-refractivity contribution is 5.68. The van der Waals surface area contributed by atoms with Crippen LogP contribution in [0.25, 0.3) is 0 Å². The fourth-order valence-electron chi connectivity index (χ4n) is 2.52. The lowest BCUT2D eigenvalue weighted by atomic mass is 10.0. The van der Waals surface area contributed by atoms with Gasteiger partial charge in [-0.2, -0.15) is 0 Å². The van der Waals surface area contributed by atoms with Crippen LogP contribution in [0.1, 0.15) is 32.0 Å². The van der Waals surface area contributed by atoms with Crippen molar-refractivity contribution >= 4 is 6.09 Å². The van der Waals surface area contributed by atoms with Gasteiger partial charge in [0.2, 0.25) is 0 Å². The van der Waals surface area contributed by atoms with E-state index in [1.807, 2.05) is 30.3 Å². The number of rotatable bonds is 8. The largest absolute Gasteiger partial charge is 0.444 e. The van der Waals surface area contributed by atoms with Gasteiger partial charge in [-0.05, 0) is 32.8 Å². The molecule has 27 heavy (non-hydrogen) atoms. The Morgan fingerprint density at radius 3 is 2.59 bits per heavy atom. The molecule has 2 rings (SSSR count). The van der Waals surface area contributed by atoms with Crippen molar-refractivity contribution in [3.05, 3.63) is 60.2 Å². The third-order valence-electron chi connectivity index (χ3n) is 3.74. The molecular formula is C20H28N4O3. The van der Waals surface area contributed by atoms with E-state index in [0.29, 0.717) is 19.5 Å². The van der Waals surface area contributed by atoms with Crippen molar-refractivity contribution in [2.75, 3.05) is 6.54 Å². The van der Waals surface area contributed by atoms with E-state index in [-0.39, 0.29) is 0 Å². The van der Waals surface area contributed by atoms with Crippen LogP contribution in [0, 0.1) is 0 Å². The van der Waals surface area contributed by atoms with Gasteiger partial charge in [0.05, 0.1) is 17.8 Å². The standard InChI is InChI=1S/C20H28N4O3/c1-20(2,3)27-19(26)24-17(11-15-7-5-4-6-8-15)18(25)14-22-13-16-12-21-9-10-23-16/h4-10,12,17-18,22,25H,11,13-14H2,1-3H3,(H,24,26)/t17-,18+/m0/s1. The van der Waals surface area contributed by atoms with Gasteiger partial charge >= 0.3 is 6.09 Å². The topological polar surface area (TPSA) is 96.4 Å². The zero-order chi connectivity index (χ0) is 19.7. The average molecular weight is 372 g/mol. The van der Waals surface area contributed by atoms with Gasteiger partial charge in [-0.15, -0.1) is 0 Å². The van der Waals surface area contributed by atoms with Crippen LogP contribution in [-0.4, -0.2) is 45.5 Å². The first-order chi connectivity index (χ1) is 12.8. The normalized spacial score (nSPS) is 13.6. The van der Waals surface area contributed by atoms with Crippen LogP contribution in [0.15, 0.2) is 48.9 Å². The first-order valence-corrected chi connectivity index (χ1v) is 9.00. The maximum absolute atomic E-state index is 12.2. The Kier molecular flexibility index (Phi) is 7.69. The number of hydrogen-bond donors (Lipinski definition) is 3. The Morgan fingerprint density at radius 2 is 1.96 bits per heavy atom. The number of aliphatic hydroxyl groups is 1. The summed E-state index contributed by atoms with van der Waals surface area (Å²) in [5.74, 6) is 0. The van der Waals surface area contributed by atoms with Crippen molar-refractivity contribution in [1.82, 2.24) is 20.6 Å². The monoisotopic (exact) mass is 372 g/mol. The second-order valence-electron chi connectivity index (χ2n) is 7.34. The average Bonchev–Trinajstić information content (AvgIpc) is 2.61. The molecule has 0 unspecified atom stereocenters. The maximum atomic E-state index is 12.2. The van der Waals surface area contributed by atoms with E-state index in [1.54, 1.807) is 39.4 Å². The summed E-state index contributed by atoms with van der Waals surface area (Å²) < 4.78 is 5.33. The van der Waals surface area contributed by atoms with E-state index < -0.39 is 23.8 Å². The van der Waals surface area contributed by atoms with Gasteiger partial charge in [0, 0.05) is 31.7 Å². The third kappa shape index (κ3) is 8.15. The molecule has 1 amide bonds. The number of ether oxygens (including phenoxy) is 1. The summed E-state index contributed by atoms with van der Waals surface area (Å²) in [5.41, 5.74) is 1.20. The van der Waals surface area contributed by atoms with E-state index >= 15 is 0 Å². The predicted molar refractivity (Wildman–Crippen MR) is 103 cm³/mol. The Bertz CT molecular complexity index is 689. The molecule has 0 radical (unpaired) electrons. The van der Waals surface area contributed by atoms with Crippen molar-refractivity contribution in [2.24, 2.45) is 0 Å². The minimum Gasteiger partial charge on any atom is -0.444 e. The SMILES string of the molecule is CC(C)(C)OC(=O)N[C@@H](Cc1ccccc1)[C@H](O)CNCc1cnccn1. The van der Waals surface area contributed by atoms with Crippen molar-refractivity contribution in [3.63, 3.8) is 0 Å². The van der Waals surface area contributed by atoms with Gasteiger partial charge in [-0.3, -0.25) is 9.97 Å². The lowest BCUT2D eigenvalue weighted by molar-refractivity contribution is 0.0422. The number of aromatic nitrogens is 2. The van der Waals surface area contributed by atoms with Crippen LogP contribution in [-0.2, 0) is 17.7 Å².